The summed E-state index contributed by atoms with van der Waals surface area (Å²) in [6.45, 7) is 2.38. The Hall–Kier alpha value is -2.21. The molecule has 1 aliphatic rings. The average Bonchev–Trinajstić information content (AvgIpc) is 3.09. The van der Waals surface area contributed by atoms with Crippen LogP contribution in [0.4, 0.5) is 10.8 Å². The van der Waals surface area contributed by atoms with Crippen molar-refractivity contribution in [2.45, 2.75) is 13.3 Å². The van der Waals surface area contributed by atoms with Crippen molar-refractivity contribution in [2.75, 3.05) is 16.8 Å². The number of rotatable bonds is 3. The molecule has 5 nitrogen and oxygen atoms in total. The lowest BCUT2D eigenvalue weighted by Crippen LogP contribution is -2.28. The number of benzene rings is 1. The number of anilines is 2. The van der Waals surface area contributed by atoms with Crippen LogP contribution in [0.25, 0.3) is 0 Å². The number of hydrogen-bond donors (Lipinski definition) is 1. The van der Waals surface area contributed by atoms with Gasteiger partial charge in [0.25, 0.3) is 0 Å². The summed E-state index contributed by atoms with van der Waals surface area (Å²) in [5.41, 5.74) is 1.92. The van der Waals surface area contributed by atoms with Gasteiger partial charge in [-0.25, -0.2) is 4.98 Å². The minimum absolute atomic E-state index is 0.0106. The predicted octanol–water partition coefficient (Wildman–Crippen LogP) is 2.44. The Balaban J connectivity index is 1.73. The average molecular weight is 301 g/mol. The number of para-hydroxylation sites is 1. The molecule has 1 aliphatic heterocycles. The van der Waals surface area contributed by atoms with Crippen LogP contribution in [0.1, 0.15) is 12.0 Å². The molecule has 1 saturated heterocycles. The molecular weight excluding hydrogens is 286 g/mol. The van der Waals surface area contributed by atoms with Crippen LogP contribution < -0.4 is 10.2 Å². The van der Waals surface area contributed by atoms with Gasteiger partial charge in [0, 0.05) is 30.2 Å². The van der Waals surface area contributed by atoms with Gasteiger partial charge in [-0.3, -0.25) is 9.59 Å². The number of carbonyl (C=O) groups is 2. The van der Waals surface area contributed by atoms with Gasteiger partial charge in [-0.15, -0.1) is 11.3 Å². The third-order valence-electron chi connectivity index (χ3n) is 3.56. The first-order valence-electron chi connectivity index (χ1n) is 6.71. The molecule has 6 heteroatoms. The fourth-order valence-electron chi connectivity index (χ4n) is 2.47. The maximum atomic E-state index is 12.2. The maximum absolute atomic E-state index is 12.2. The van der Waals surface area contributed by atoms with Gasteiger partial charge in [-0.1, -0.05) is 18.2 Å². The Kier molecular flexibility index (Phi) is 3.70. The van der Waals surface area contributed by atoms with E-state index in [1.807, 2.05) is 31.2 Å². The number of aromatic nitrogens is 1. The molecule has 0 radical (unpaired) electrons. The van der Waals surface area contributed by atoms with Gasteiger partial charge in [0.05, 0.1) is 5.92 Å². The van der Waals surface area contributed by atoms with Crippen LogP contribution in [0.3, 0.4) is 0 Å². The lowest BCUT2D eigenvalue weighted by Gasteiger charge is -2.18. The fraction of sp³-hybridized carbons (Fsp3) is 0.267. The summed E-state index contributed by atoms with van der Waals surface area (Å²) in [6, 6.07) is 7.71. The molecule has 1 N–H and O–H groups in total. The van der Waals surface area contributed by atoms with E-state index < -0.39 is 0 Å². The van der Waals surface area contributed by atoms with Crippen LogP contribution in [0, 0.1) is 12.8 Å². The standard InChI is InChI=1S/C15H15N3O2S/c1-10-4-2-3-5-12(10)18-9-11(8-13(18)19)14(20)17-15-16-6-7-21-15/h2-7,11H,8-9H2,1H3,(H,16,17,20). The van der Waals surface area contributed by atoms with Crippen LogP contribution in [-0.2, 0) is 9.59 Å². The van der Waals surface area contributed by atoms with E-state index in [4.69, 9.17) is 0 Å². The van der Waals surface area contributed by atoms with Crippen molar-refractivity contribution >= 4 is 34.0 Å². The molecule has 3 rings (SSSR count). The zero-order chi connectivity index (χ0) is 14.8. The van der Waals surface area contributed by atoms with Crippen molar-refractivity contribution in [3.8, 4) is 0 Å². The highest BCUT2D eigenvalue weighted by Crippen LogP contribution is 2.28. The molecule has 1 aromatic heterocycles. The zero-order valence-electron chi connectivity index (χ0n) is 11.6. The Bertz CT molecular complexity index is 669. The van der Waals surface area contributed by atoms with Gasteiger partial charge < -0.3 is 10.2 Å². The summed E-state index contributed by atoms with van der Waals surface area (Å²) < 4.78 is 0. The lowest BCUT2D eigenvalue weighted by molar-refractivity contribution is -0.122. The molecule has 0 aliphatic carbocycles. The second-order valence-electron chi connectivity index (χ2n) is 5.02. The Morgan fingerprint density at radius 1 is 1.43 bits per heavy atom. The van der Waals surface area contributed by atoms with E-state index in [0.717, 1.165) is 11.3 Å². The van der Waals surface area contributed by atoms with E-state index in [-0.39, 0.29) is 24.2 Å². The molecule has 1 atom stereocenters. The van der Waals surface area contributed by atoms with E-state index >= 15 is 0 Å². The normalized spacial score (nSPS) is 18.0. The number of nitrogens with one attached hydrogen (secondary N) is 1. The van der Waals surface area contributed by atoms with Gasteiger partial charge in [0.2, 0.25) is 11.8 Å². The first-order valence-corrected chi connectivity index (χ1v) is 7.59. The van der Waals surface area contributed by atoms with Crippen LogP contribution in [0.15, 0.2) is 35.8 Å². The highest BCUT2D eigenvalue weighted by atomic mass is 32.1. The Morgan fingerprint density at radius 3 is 2.95 bits per heavy atom. The number of nitrogens with zero attached hydrogens (tertiary/aromatic N) is 2. The van der Waals surface area contributed by atoms with E-state index in [9.17, 15) is 9.59 Å². The van der Waals surface area contributed by atoms with E-state index in [0.29, 0.717) is 11.7 Å². The number of amides is 2. The molecule has 0 bridgehead atoms. The monoisotopic (exact) mass is 301 g/mol. The second-order valence-corrected chi connectivity index (χ2v) is 5.91. The minimum Gasteiger partial charge on any atom is -0.311 e. The molecular formula is C15H15N3O2S. The van der Waals surface area contributed by atoms with Gasteiger partial charge in [-0.2, -0.15) is 0 Å². The van der Waals surface area contributed by atoms with Gasteiger partial charge >= 0.3 is 0 Å². The zero-order valence-corrected chi connectivity index (χ0v) is 12.4. The highest BCUT2D eigenvalue weighted by molar-refractivity contribution is 7.13. The molecule has 2 amide bonds. The van der Waals surface area contributed by atoms with E-state index in [2.05, 4.69) is 10.3 Å². The van der Waals surface area contributed by atoms with Crippen molar-refractivity contribution in [3.05, 3.63) is 41.4 Å². The van der Waals surface area contributed by atoms with Crippen LogP contribution in [0.5, 0.6) is 0 Å². The number of carbonyl (C=O) groups excluding carboxylic acids is 2. The predicted molar refractivity (Wildman–Crippen MR) is 82.4 cm³/mol. The maximum Gasteiger partial charge on any atom is 0.231 e. The quantitative estimate of drug-likeness (QED) is 0.947. The summed E-state index contributed by atoms with van der Waals surface area (Å²) in [4.78, 5) is 30.1. The molecule has 2 heterocycles. The van der Waals surface area contributed by atoms with Crippen molar-refractivity contribution in [1.29, 1.82) is 0 Å². The summed E-state index contributed by atoms with van der Waals surface area (Å²) in [5.74, 6) is -0.487. The van der Waals surface area contributed by atoms with Gasteiger partial charge in [0.1, 0.15) is 0 Å². The smallest absolute Gasteiger partial charge is 0.231 e. The first kappa shape index (κ1) is 13.8. The summed E-state index contributed by atoms with van der Waals surface area (Å²) >= 11 is 1.37. The molecule has 2 aromatic rings. The Labute approximate surface area is 126 Å². The molecule has 0 spiro atoms. The molecule has 21 heavy (non-hydrogen) atoms. The van der Waals surface area contributed by atoms with Gasteiger partial charge in [-0.05, 0) is 18.6 Å². The third kappa shape index (κ3) is 2.80. The molecule has 0 saturated carbocycles. The second kappa shape index (κ2) is 5.65. The fourth-order valence-corrected chi connectivity index (χ4v) is 3.01. The topological polar surface area (TPSA) is 62.3 Å². The largest absolute Gasteiger partial charge is 0.311 e. The van der Waals surface area contributed by atoms with Gasteiger partial charge in [0.15, 0.2) is 5.13 Å². The number of aryl methyl sites for hydroxylation is 1. The van der Waals surface area contributed by atoms with Crippen molar-refractivity contribution in [1.82, 2.24) is 4.98 Å². The SMILES string of the molecule is Cc1ccccc1N1CC(C(=O)Nc2nccs2)CC1=O. The minimum atomic E-state index is -0.332. The van der Waals surface area contributed by atoms with Crippen molar-refractivity contribution in [3.63, 3.8) is 0 Å². The van der Waals surface area contributed by atoms with E-state index in [1.165, 1.54) is 11.3 Å². The number of hydrogen-bond acceptors (Lipinski definition) is 4. The molecule has 108 valence electrons. The van der Waals surface area contributed by atoms with Crippen LogP contribution in [0.2, 0.25) is 0 Å². The first-order chi connectivity index (χ1) is 10.1. The van der Waals surface area contributed by atoms with Crippen LogP contribution in [-0.4, -0.2) is 23.3 Å². The third-order valence-corrected chi connectivity index (χ3v) is 4.25. The summed E-state index contributed by atoms with van der Waals surface area (Å²) in [5, 5.41) is 5.13. The Morgan fingerprint density at radius 2 is 2.24 bits per heavy atom. The van der Waals surface area contributed by atoms with Crippen LogP contribution >= 0.6 is 11.3 Å². The molecule has 1 aromatic carbocycles. The number of thiazole rings is 1. The van der Waals surface area contributed by atoms with E-state index in [1.54, 1.807) is 16.5 Å². The van der Waals surface area contributed by atoms with Crippen molar-refractivity contribution in [2.24, 2.45) is 5.92 Å². The molecule has 1 fully saturated rings. The lowest BCUT2D eigenvalue weighted by atomic mass is 10.1. The summed E-state index contributed by atoms with van der Waals surface area (Å²) in [7, 11) is 0. The molecule has 1 unspecified atom stereocenters. The van der Waals surface area contributed by atoms with Crippen molar-refractivity contribution < 1.29 is 9.59 Å². The summed E-state index contributed by atoms with van der Waals surface area (Å²) in [6.07, 6.45) is 1.88. The highest BCUT2D eigenvalue weighted by Gasteiger charge is 2.35.